The number of fused-ring (bicyclic) bond motifs is 3. The third-order valence-corrected chi connectivity index (χ3v) is 7.61. The second-order valence-corrected chi connectivity index (χ2v) is 9.86. The lowest BCUT2D eigenvalue weighted by molar-refractivity contribution is -0.131. The number of ether oxygens (including phenoxy) is 2. The van der Waals surface area contributed by atoms with Crippen LogP contribution < -0.4 is 15.4 Å². The van der Waals surface area contributed by atoms with Crippen LogP contribution >= 0.6 is 35.4 Å². The highest BCUT2D eigenvalue weighted by Gasteiger charge is 2.65. The van der Waals surface area contributed by atoms with Gasteiger partial charge in [0, 0.05) is 22.6 Å². The Hall–Kier alpha value is -1.86. The van der Waals surface area contributed by atoms with Crippen molar-refractivity contribution in [1.29, 1.82) is 0 Å². The average molecular weight is 477 g/mol. The zero-order valence-electron chi connectivity index (χ0n) is 17.0. The largest absolute Gasteiger partial charge is 0.457 e. The molecule has 2 N–H and O–H groups in total. The molecule has 2 aromatic rings. The zero-order chi connectivity index (χ0) is 21.8. The van der Waals surface area contributed by atoms with Crippen molar-refractivity contribution in [3.8, 4) is 11.5 Å². The van der Waals surface area contributed by atoms with Gasteiger partial charge in [0.05, 0.1) is 6.10 Å². The molecule has 162 valence electrons. The molecule has 1 aliphatic heterocycles. The first-order chi connectivity index (χ1) is 14.8. The molecule has 8 heteroatoms. The van der Waals surface area contributed by atoms with Crippen LogP contribution in [0.3, 0.4) is 0 Å². The molecule has 0 aromatic heterocycles. The Kier molecular flexibility index (Phi) is 5.17. The fourth-order valence-corrected chi connectivity index (χ4v) is 6.33. The maximum atomic E-state index is 13.4. The van der Waals surface area contributed by atoms with E-state index in [9.17, 15) is 4.79 Å². The Labute approximate surface area is 196 Å². The molecule has 0 radical (unpaired) electrons. The van der Waals surface area contributed by atoms with E-state index in [1.807, 2.05) is 18.2 Å². The van der Waals surface area contributed by atoms with Crippen molar-refractivity contribution in [2.45, 2.75) is 43.7 Å². The molecule has 2 aliphatic carbocycles. The van der Waals surface area contributed by atoms with Crippen molar-refractivity contribution in [2.75, 3.05) is 7.11 Å². The lowest BCUT2D eigenvalue weighted by Crippen LogP contribution is -2.56. The minimum absolute atomic E-state index is 0.0879. The molecular weight excluding hydrogens is 455 g/mol. The number of amides is 1. The van der Waals surface area contributed by atoms with E-state index in [-0.39, 0.29) is 17.4 Å². The van der Waals surface area contributed by atoms with Crippen LogP contribution in [0.15, 0.2) is 36.4 Å². The summed E-state index contributed by atoms with van der Waals surface area (Å²) < 4.78 is 11.6. The van der Waals surface area contributed by atoms with Crippen molar-refractivity contribution < 1.29 is 14.3 Å². The van der Waals surface area contributed by atoms with E-state index in [1.165, 1.54) is 0 Å². The molecule has 1 heterocycles. The molecular formula is C23H22Cl2N2O3S. The molecule has 5 nitrogen and oxygen atoms in total. The van der Waals surface area contributed by atoms with Crippen molar-refractivity contribution in [1.82, 2.24) is 10.6 Å². The van der Waals surface area contributed by atoms with E-state index < -0.39 is 5.54 Å². The highest BCUT2D eigenvalue weighted by Crippen LogP contribution is 2.59. The number of thiocarbonyl (C=S) groups is 1. The maximum Gasteiger partial charge on any atom is 0.257 e. The van der Waals surface area contributed by atoms with Crippen molar-refractivity contribution >= 4 is 46.4 Å². The number of halogens is 2. The number of benzene rings is 2. The quantitative estimate of drug-likeness (QED) is 0.602. The summed E-state index contributed by atoms with van der Waals surface area (Å²) in [7, 11) is 1.75. The molecule has 2 fully saturated rings. The predicted octanol–water partition coefficient (Wildman–Crippen LogP) is 5.12. The summed E-state index contributed by atoms with van der Waals surface area (Å²) in [6.45, 7) is 0. The first-order valence-electron chi connectivity index (χ1n) is 10.3. The molecule has 2 aromatic carbocycles. The van der Waals surface area contributed by atoms with Crippen molar-refractivity contribution in [3.63, 3.8) is 0 Å². The Bertz CT molecular complexity index is 1060. The number of rotatable bonds is 3. The zero-order valence-corrected chi connectivity index (χ0v) is 19.3. The standard InChI is InChI=1S/C23H22Cl2N2O3S/c1-29-16-4-6-22(7-5-16)12-13-2-3-17(30-18-9-14(24)8-15(25)10-18)11-19(13)23(22)20(28)26-21(31)27-23/h2-3,8-11,16H,4-7,12H2,1H3,(H2,26,27,28,31)/t16-,22-,23?. The molecule has 1 unspecified atom stereocenters. The van der Waals surface area contributed by atoms with Crippen LogP contribution in [0.5, 0.6) is 11.5 Å². The van der Waals surface area contributed by atoms with Crippen LogP contribution in [0.1, 0.15) is 36.8 Å². The van der Waals surface area contributed by atoms with Crippen LogP contribution in [-0.2, 0) is 21.5 Å². The molecule has 2 spiro atoms. The maximum absolute atomic E-state index is 13.4. The molecule has 1 amide bonds. The van der Waals surface area contributed by atoms with E-state index in [1.54, 1.807) is 25.3 Å². The monoisotopic (exact) mass is 476 g/mol. The van der Waals surface area contributed by atoms with Gasteiger partial charge in [0.2, 0.25) is 0 Å². The van der Waals surface area contributed by atoms with Crippen LogP contribution in [0, 0.1) is 5.41 Å². The Morgan fingerprint density at radius 2 is 1.77 bits per heavy atom. The molecule has 1 saturated carbocycles. The lowest BCUT2D eigenvalue weighted by atomic mass is 9.61. The van der Waals surface area contributed by atoms with E-state index in [4.69, 9.17) is 44.9 Å². The first-order valence-corrected chi connectivity index (χ1v) is 11.5. The summed E-state index contributed by atoms with van der Waals surface area (Å²) in [5, 5.41) is 7.58. The average Bonchev–Trinajstić information content (AvgIpc) is 3.16. The normalized spacial score (nSPS) is 29.2. The molecule has 1 saturated heterocycles. The number of carbonyl (C=O) groups excluding carboxylic acids is 1. The topological polar surface area (TPSA) is 59.6 Å². The third-order valence-electron chi connectivity index (χ3n) is 6.97. The number of methoxy groups -OCH3 is 1. The van der Waals surface area contributed by atoms with Gasteiger partial charge in [-0.3, -0.25) is 4.79 Å². The molecule has 3 aliphatic rings. The predicted molar refractivity (Wildman–Crippen MR) is 124 cm³/mol. The number of nitrogens with one attached hydrogen (secondary N) is 2. The molecule has 5 rings (SSSR count). The molecule has 31 heavy (non-hydrogen) atoms. The fraction of sp³-hybridized carbons (Fsp3) is 0.391. The number of hydrogen-bond acceptors (Lipinski definition) is 4. The third kappa shape index (κ3) is 3.32. The Balaban J connectivity index is 1.56. The van der Waals surface area contributed by atoms with Gasteiger partial charge >= 0.3 is 0 Å². The van der Waals surface area contributed by atoms with E-state index in [0.29, 0.717) is 26.7 Å². The summed E-state index contributed by atoms with van der Waals surface area (Å²) in [6.07, 6.45) is 4.63. The summed E-state index contributed by atoms with van der Waals surface area (Å²) in [6, 6.07) is 11.0. The van der Waals surface area contributed by atoms with Gasteiger partial charge in [-0.1, -0.05) is 29.3 Å². The second-order valence-electron chi connectivity index (χ2n) is 8.58. The molecule has 0 bridgehead atoms. The minimum atomic E-state index is -0.899. The Morgan fingerprint density at radius 3 is 2.39 bits per heavy atom. The van der Waals surface area contributed by atoms with Crippen LogP contribution in [0.4, 0.5) is 0 Å². The van der Waals surface area contributed by atoms with Gasteiger partial charge in [-0.2, -0.15) is 0 Å². The van der Waals surface area contributed by atoms with E-state index in [0.717, 1.165) is 43.2 Å². The number of carbonyl (C=O) groups is 1. The minimum Gasteiger partial charge on any atom is -0.457 e. The summed E-state index contributed by atoms with van der Waals surface area (Å²) in [4.78, 5) is 13.4. The van der Waals surface area contributed by atoms with E-state index >= 15 is 0 Å². The second kappa shape index (κ2) is 7.62. The highest BCUT2D eigenvalue weighted by molar-refractivity contribution is 7.80. The summed E-state index contributed by atoms with van der Waals surface area (Å²) >= 11 is 17.6. The van der Waals surface area contributed by atoms with Gasteiger partial charge < -0.3 is 20.1 Å². The van der Waals surface area contributed by atoms with E-state index in [2.05, 4.69) is 10.6 Å². The van der Waals surface area contributed by atoms with Gasteiger partial charge in [0.25, 0.3) is 5.91 Å². The molecule has 1 atom stereocenters. The van der Waals surface area contributed by atoms with Crippen LogP contribution in [-0.4, -0.2) is 24.2 Å². The summed E-state index contributed by atoms with van der Waals surface area (Å²) in [5.74, 6) is 1.07. The van der Waals surface area contributed by atoms with Gasteiger partial charge in [0.15, 0.2) is 10.7 Å². The SMILES string of the molecule is CO[C@H]1CC[C@]2(CC1)Cc1ccc(Oc3cc(Cl)cc(Cl)c3)cc1C21NC(=S)NC1=O. The van der Waals surface area contributed by atoms with Gasteiger partial charge in [-0.25, -0.2) is 0 Å². The highest BCUT2D eigenvalue weighted by atomic mass is 35.5. The van der Waals surface area contributed by atoms with Crippen LogP contribution in [0.25, 0.3) is 0 Å². The lowest BCUT2D eigenvalue weighted by Gasteiger charge is -2.46. The van der Waals surface area contributed by atoms with Gasteiger partial charge in [0.1, 0.15) is 11.5 Å². The van der Waals surface area contributed by atoms with Gasteiger partial charge in [-0.05, 0) is 85.8 Å². The Morgan fingerprint density at radius 1 is 1.06 bits per heavy atom. The fourth-order valence-electron chi connectivity index (χ4n) is 5.58. The van der Waals surface area contributed by atoms with Gasteiger partial charge in [-0.15, -0.1) is 0 Å². The van der Waals surface area contributed by atoms with Crippen molar-refractivity contribution in [2.24, 2.45) is 5.41 Å². The number of hydrogen-bond donors (Lipinski definition) is 2. The first kappa shape index (κ1) is 21.0. The van der Waals surface area contributed by atoms with Crippen LogP contribution in [0.2, 0.25) is 10.0 Å². The van der Waals surface area contributed by atoms with Crippen molar-refractivity contribution in [3.05, 3.63) is 57.6 Å². The summed E-state index contributed by atoms with van der Waals surface area (Å²) in [5.41, 5.74) is 0.905. The smallest absolute Gasteiger partial charge is 0.257 e.